The lowest BCUT2D eigenvalue weighted by Crippen LogP contribution is -2.48. The molecule has 2 amide bonds. The number of hydrogen-bond donors (Lipinski definition) is 0. The summed E-state index contributed by atoms with van der Waals surface area (Å²) >= 11 is 0. The van der Waals surface area contributed by atoms with Gasteiger partial charge in [0, 0.05) is 23.8 Å². The van der Waals surface area contributed by atoms with E-state index in [9.17, 15) is 14.4 Å². The molecule has 16 heavy (non-hydrogen) atoms. The standard InChI is InChI=1S/C12H19NO3/c1-8(7-14)6-12(3,4)13-10(15)5-9(2)11(13)16/h7-9H,5-6H2,1-4H3. The van der Waals surface area contributed by atoms with Gasteiger partial charge in [-0.2, -0.15) is 0 Å². The van der Waals surface area contributed by atoms with Crippen LogP contribution in [0.25, 0.3) is 0 Å². The van der Waals surface area contributed by atoms with Gasteiger partial charge in [-0.25, -0.2) is 0 Å². The van der Waals surface area contributed by atoms with Crippen LogP contribution in [0.4, 0.5) is 0 Å². The van der Waals surface area contributed by atoms with Crippen molar-refractivity contribution in [3.05, 3.63) is 0 Å². The van der Waals surface area contributed by atoms with Crippen molar-refractivity contribution >= 4 is 18.1 Å². The van der Waals surface area contributed by atoms with E-state index in [2.05, 4.69) is 0 Å². The van der Waals surface area contributed by atoms with Gasteiger partial charge in [0.2, 0.25) is 11.8 Å². The van der Waals surface area contributed by atoms with E-state index < -0.39 is 5.54 Å². The van der Waals surface area contributed by atoms with E-state index in [0.29, 0.717) is 6.42 Å². The third kappa shape index (κ3) is 2.31. The van der Waals surface area contributed by atoms with Crippen molar-refractivity contribution < 1.29 is 14.4 Å². The molecule has 0 bridgehead atoms. The normalized spacial score (nSPS) is 23.8. The summed E-state index contributed by atoms with van der Waals surface area (Å²) in [7, 11) is 0. The SMILES string of the molecule is CC(C=O)CC(C)(C)N1C(=O)CC(C)C1=O. The van der Waals surface area contributed by atoms with Crippen molar-refractivity contribution in [2.24, 2.45) is 11.8 Å². The summed E-state index contributed by atoms with van der Waals surface area (Å²) in [6.07, 6.45) is 1.66. The van der Waals surface area contributed by atoms with Crippen LogP contribution in [0, 0.1) is 11.8 Å². The number of rotatable bonds is 4. The van der Waals surface area contributed by atoms with Gasteiger partial charge in [-0.3, -0.25) is 14.5 Å². The fourth-order valence-corrected chi connectivity index (χ4v) is 2.35. The van der Waals surface area contributed by atoms with Gasteiger partial charge in [-0.1, -0.05) is 13.8 Å². The third-order valence-electron chi connectivity index (χ3n) is 3.03. The molecule has 2 unspecified atom stereocenters. The fraction of sp³-hybridized carbons (Fsp3) is 0.750. The highest BCUT2D eigenvalue weighted by atomic mass is 16.2. The molecule has 4 nitrogen and oxygen atoms in total. The molecule has 0 radical (unpaired) electrons. The van der Waals surface area contributed by atoms with Crippen LogP contribution in [0.1, 0.15) is 40.5 Å². The molecule has 0 aliphatic carbocycles. The Morgan fingerprint density at radius 3 is 2.44 bits per heavy atom. The molecule has 1 fully saturated rings. The average molecular weight is 225 g/mol. The van der Waals surface area contributed by atoms with Crippen molar-refractivity contribution in [1.82, 2.24) is 4.90 Å². The zero-order chi connectivity index (χ0) is 12.5. The van der Waals surface area contributed by atoms with Crippen LogP contribution in [0.5, 0.6) is 0 Å². The number of carbonyl (C=O) groups excluding carboxylic acids is 3. The van der Waals surface area contributed by atoms with Crippen molar-refractivity contribution in [2.45, 2.75) is 46.1 Å². The summed E-state index contributed by atoms with van der Waals surface area (Å²) in [4.78, 5) is 35.5. The molecule has 0 saturated carbocycles. The molecule has 0 spiro atoms. The van der Waals surface area contributed by atoms with E-state index in [-0.39, 0.29) is 30.1 Å². The van der Waals surface area contributed by atoms with E-state index in [1.165, 1.54) is 4.90 Å². The minimum Gasteiger partial charge on any atom is -0.303 e. The van der Waals surface area contributed by atoms with Crippen molar-refractivity contribution in [3.8, 4) is 0 Å². The van der Waals surface area contributed by atoms with Crippen LogP contribution < -0.4 is 0 Å². The Bertz CT molecular complexity index is 322. The summed E-state index contributed by atoms with van der Waals surface area (Å²) in [6.45, 7) is 7.23. The molecule has 0 N–H and O–H groups in total. The Kier molecular flexibility index (Phi) is 3.51. The van der Waals surface area contributed by atoms with E-state index in [1.54, 1.807) is 13.8 Å². The van der Waals surface area contributed by atoms with E-state index in [0.717, 1.165) is 6.29 Å². The summed E-state index contributed by atoms with van der Waals surface area (Å²) in [5.74, 6) is -0.612. The minimum absolute atomic E-state index is 0.118. The van der Waals surface area contributed by atoms with Gasteiger partial charge in [0.05, 0.1) is 0 Å². The van der Waals surface area contributed by atoms with E-state index in [1.807, 2.05) is 13.8 Å². The maximum absolute atomic E-state index is 11.8. The highest BCUT2D eigenvalue weighted by Gasteiger charge is 2.44. The lowest BCUT2D eigenvalue weighted by Gasteiger charge is -2.35. The van der Waals surface area contributed by atoms with Gasteiger partial charge in [0.25, 0.3) is 0 Å². The topological polar surface area (TPSA) is 54.5 Å². The van der Waals surface area contributed by atoms with Gasteiger partial charge in [-0.05, 0) is 20.3 Å². The van der Waals surface area contributed by atoms with Crippen LogP contribution in [0.15, 0.2) is 0 Å². The Labute approximate surface area is 96.0 Å². The highest BCUT2D eigenvalue weighted by Crippen LogP contribution is 2.31. The summed E-state index contributed by atoms with van der Waals surface area (Å²) < 4.78 is 0. The Morgan fingerprint density at radius 1 is 1.50 bits per heavy atom. The van der Waals surface area contributed by atoms with Crippen LogP contribution in [-0.2, 0) is 14.4 Å². The van der Waals surface area contributed by atoms with Crippen molar-refractivity contribution in [3.63, 3.8) is 0 Å². The van der Waals surface area contributed by atoms with Gasteiger partial charge in [0.1, 0.15) is 6.29 Å². The quantitative estimate of drug-likeness (QED) is 0.536. The second-order valence-corrected chi connectivity index (χ2v) is 5.30. The molecule has 0 aromatic rings. The Morgan fingerprint density at radius 2 is 2.06 bits per heavy atom. The Balaban J connectivity index is 2.86. The number of likely N-dealkylation sites (tertiary alicyclic amines) is 1. The highest BCUT2D eigenvalue weighted by molar-refractivity contribution is 6.04. The summed E-state index contributed by atoms with van der Waals surface area (Å²) in [5, 5.41) is 0. The lowest BCUT2D eigenvalue weighted by atomic mass is 9.90. The zero-order valence-electron chi connectivity index (χ0n) is 10.3. The first-order valence-electron chi connectivity index (χ1n) is 5.62. The molecular weight excluding hydrogens is 206 g/mol. The first-order chi connectivity index (χ1) is 7.29. The molecule has 0 aromatic carbocycles. The first kappa shape index (κ1) is 12.9. The third-order valence-corrected chi connectivity index (χ3v) is 3.03. The molecule has 90 valence electrons. The van der Waals surface area contributed by atoms with Gasteiger partial charge >= 0.3 is 0 Å². The number of aldehydes is 1. The van der Waals surface area contributed by atoms with Crippen LogP contribution in [-0.4, -0.2) is 28.5 Å². The molecule has 0 aromatic heterocycles. The largest absolute Gasteiger partial charge is 0.303 e. The molecule has 1 aliphatic rings. The predicted octanol–water partition coefficient (Wildman–Crippen LogP) is 1.39. The average Bonchev–Trinajstić information content (AvgIpc) is 2.40. The first-order valence-corrected chi connectivity index (χ1v) is 5.62. The fourth-order valence-electron chi connectivity index (χ4n) is 2.35. The van der Waals surface area contributed by atoms with E-state index in [4.69, 9.17) is 0 Å². The maximum atomic E-state index is 11.8. The van der Waals surface area contributed by atoms with Crippen molar-refractivity contribution in [1.29, 1.82) is 0 Å². The molecule has 1 saturated heterocycles. The number of hydrogen-bond acceptors (Lipinski definition) is 3. The maximum Gasteiger partial charge on any atom is 0.233 e. The lowest BCUT2D eigenvalue weighted by molar-refractivity contribution is -0.146. The van der Waals surface area contributed by atoms with E-state index >= 15 is 0 Å². The smallest absolute Gasteiger partial charge is 0.233 e. The second-order valence-electron chi connectivity index (χ2n) is 5.30. The molecule has 2 atom stereocenters. The summed E-state index contributed by atoms with van der Waals surface area (Å²) in [6, 6.07) is 0. The molecule has 4 heteroatoms. The number of amides is 2. The molecule has 1 rings (SSSR count). The number of nitrogens with zero attached hydrogens (tertiary/aromatic N) is 1. The molecule has 1 aliphatic heterocycles. The van der Waals surface area contributed by atoms with Gasteiger partial charge in [-0.15, -0.1) is 0 Å². The predicted molar refractivity (Wildman–Crippen MR) is 59.6 cm³/mol. The number of imide groups is 1. The van der Waals surface area contributed by atoms with Gasteiger partial charge in [0.15, 0.2) is 0 Å². The van der Waals surface area contributed by atoms with Crippen molar-refractivity contribution in [2.75, 3.05) is 0 Å². The zero-order valence-corrected chi connectivity index (χ0v) is 10.3. The minimum atomic E-state index is -0.570. The molecular formula is C12H19NO3. The Hall–Kier alpha value is -1.19. The summed E-state index contributed by atoms with van der Waals surface area (Å²) in [5.41, 5.74) is -0.570. The van der Waals surface area contributed by atoms with Crippen LogP contribution in [0.3, 0.4) is 0 Å². The second kappa shape index (κ2) is 4.36. The monoisotopic (exact) mass is 225 g/mol. The number of carbonyl (C=O) groups is 3. The van der Waals surface area contributed by atoms with Crippen LogP contribution >= 0.6 is 0 Å². The van der Waals surface area contributed by atoms with Gasteiger partial charge < -0.3 is 4.79 Å². The van der Waals surface area contributed by atoms with Crippen LogP contribution in [0.2, 0.25) is 0 Å². The molecule has 1 heterocycles.